The number of hydrogen-bond donors (Lipinski definition) is 1. The zero-order valence-corrected chi connectivity index (χ0v) is 12.9. The Morgan fingerprint density at radius 3 is 2.45 bits per heavy atom. The lowest BCUT2D eigenvalue weighted by Gasteiger charge is -2.23. The van der Waals surface area contributed by atoms with E-state index < -0.39 is 0 Å². The summed E-state index contributed by atoms with van der Waals surface area (Å²) in [6.45, 7) is 6.75. The Balaban J connectivity index is 1.94. The number of hydrogen-bond acceptors (Lipinski definition) is 2. The molecule has 0 saturated heterocycles. The van der Waals surface area contributed by atoms with Crippen LogP contribution in [0.15, 0.2) is 24.3 Å². The van der Waals surface area contributed by atoms with Crippen molar-refractivity contribution in [1.82, 2.24) is 10.2 Å². The van der Waals surface area contributed by atoms with Gasteiger partial charge in [-0.2, -0.15) is 0 Å². The van der Waals surface area contributed by atoms with Gasteiger partial charge in [-0.25, -0.2) is 0 Å². The van der Waals surface area contributed by atoms with Gasteiger partial charge in [0.1, 0.15) is 0 Å². The molecule has 110 valence electrons. The molecule has 0 atom stereocenters. The first-order valence-electron chi connectivity index (χ1n) is 7.65. The number of benzene rings is 1. The molecule has 3 heteroatoms. The number of carbonyl (C=O) groups excluding carboxylic acids is 1. The van der Waals surface area contributed by atoms with Crippen LogP contribution in [0, 0.1) is 5.92 Å². The molecule has 0 radical (unpaired) electrons. The van der Waals surface area contributed by atoms with Gasteiger partial charge in [-0.15, -0.1) is 0 Å². The number of nitrogens with zero attached hydrogens (tertiary/aromatic N) is 1. The van der Waals surface area contributed by atoms with E-state index in [0.717, 1.165) is 24.1 Å². The summed E-state index contributed by atoms with van der Waals surface area (Å²) >= 11 is 0. The zero-order valence-electron chi connectivity index (χ0n) is 12.9. The normalized spacial score (nSPS) is 14.8. The fourth-order valence-corrected chi connectivity index (χ4v) is 2.39. The fraction of sp³-hybridized carbons (Fsp3) is 0.588. The third kappa shape index (κ3) is 4.34. The smallest absolute Gasteiger partial charge is 0.251 e. The molecule has 0 spiro atoms. The van der Waals surface area contributed by atoms with Crippen LogP contribution in [0.3, 0.4) is 0 Å². The molecule has 1 aliphatic rings. The molecule has 1 N–H and O–H groups in total. The van der Waals surface area contributed by atoms with Crippen molar-refractivity contribution in [2.75, 3.05) is 13.6 Å². The van der Waals surface area contributed by atoms with Crippen molar-refractivity contribution >= 4 is 5.91 Å². The molecule has 0 aromatic heterocycles. The predicted octanol–water partition coefficient (Wildman–Crippen LogP) is 3.06. The molecule has 0 heterocycles. The first-order chi connectivity index (χ1) is 9.60. The van der Waals surface area contributed by atoms with Gasteiger partial charge in [0, 0.05) is 25.2 Å². The first kappa shape index (κ1) is 15.0. The SMILES string of the molecule is CNC(=O)c1ccc(CN(CCC(C)C)C2CC2)cc1. The van der Waals surface area contributed by atoms with Crippen molar-refractivity contribution in [2.45, 2.75) is 45.7 Å². The van der Waals surface area contributed by atoms with Gasteiger partial charge in [-0.05, 0) is 49.4 Å². The van der Waals surface area contributed by atoms with Gasteiger partial charge in [0.2, 0.25) is 0 Å². The van der Waals surface area contributed by atoms with E-state index >= 15 is 0 Å². The Hall–Kier alpha value is -1.35. The highest BCUT2D eigenvalue weighted by Crippen LogP contribution is 2.28. The van der Waals surface area contributed by atoms with Crippen molar-refractivity contribution < 1.29 is 4.79 Å². The van der Waals surface area contributed by atoms with E-state index in [9.17, 15) is 4.79 Å². The van der Waals surface area contributed by atoms with Crippen molar-refractivity contribution in [3.63, 3.8) is 0 Å². The lowest BCUT2D eigenvalue weighted by molar-refractivity contribution is 0.0963. The molecule has 3 nitrogen and oxygen atoms in total. The van der Waals surface area contributed by atoms with E-state index in [1.54, 1.807) is 7.05 Å². The lowest BCUT2D eigenvalue weighted by atomic mass is 10.1. The van der Waals surface area contributed by atoms with Crippen LogP contribution in [-0.4, -0.2) is 30.4 Å². The van der Waals surface area contributed by atoms with Gasteiger partial charge in [0.05, 0.1) is 0 Å². The average Bonchev–Trinajstić information content (AvgIpc) is 3.27. The maximum atomic E-state index is 11.5. The van der Waals surface area contributed by atoms with Crippen LogP contribution in [0.4, 0.5) is 0 Å². The Bertz CT molecular complexity index is 435. The summed E-state index contributed by atoms with van der Waals surface area (Å²) in [5, 5.41) is 2.65. The monoisotopic (exact) mass is 274 g/mol. The van der Waals surface area contributed by atoms with Crippen molar-refractivity contribution in [3.05, 3.63) is 35.4 Å². The zero-order chi connectivity index (χ0) is 14.5. The molecule has 1 aliphatic carbocycles. The van der Waals surface area contributed by atoms with E-state index in [0.29, 0.717) is 0 Å². The van der Waals surface area contributed by atoms with Crippen LogP contribution in [0.1, 0.15) is 49.0 Å². The van der Waals surface area contributed by atoms with Crippen LogP contribution in [0.2, 0.25) is 0 Å². The van der Waals surface area contributed by atoms with Crippen molar-refractivity contribution in [1.29, 1.82) is 0 Å². The standard InChI is InChI=1S/C17H26N2O/c1-13(2)10-11-19(16-8-9-16)12-14-4-6-15(7-5-14)17(20)18-3/h4-7,13,16H,8-12H2,1-3H3,(H,18,20). The van der Waals surface area contributed by atoms with Crippen LogP contribution < -0.4 is 5.32 Å². The highest BCUT2D eigenvalue weighted by atomic mass is 16.1. The van der Waals surface area contributed by atoms with Gasteiger partial charge in [0.25, 0.3) is 5.91 Å². The van der Waals surface area contributed by atoms with E-state index in [-0.39, 0.29) is 5.91 Å². The minimum absolute atomic E-state index is 0.0181. The summed E-state index contributed by atoms with van der Waals surface area (Å²) in [4.78, 5) is 14.1. The average molecular weight is 274 g/mol. The number of nitrogens with one attached hydrogen (secondary N) is 1. The topological polar surface area (TPSA) is 32.3 Å². The maximum Gasteiger partial charge on any atom is 0.251 e. The molecule has 0 unspecified atom stereocenters. The van der Waals surface area contributed by atoms with Gasteiger partial charge < -0.3 is 5.32 Å². The molecule has 1 fully saturated rings. The number of amides is 1. The Kier molecular flexibility index (Phi) is 5.18. The summed E-state index contributed by atoms with van der Waals surface area (Å²) < 4.78 is 0. The molecule has 0 aliphatic heterocycles. The van der Waals surface area contributed by atoms with Crippen LogP contribution in [0.5, 0.6) is 0 Å². The summed E-state index contributed by atoms with van der Waals surface area (Å²) in [6, 6.07) is 8.78. The highest BCUT2D eigenvalue weighted by Gasteiger charge is 2.28. The summed E-state index contributed by atoms with van der Waals surface area (Å²) in [7, 11) is 1.66. The summed E-state index contributed by atoms with van der Waals surface area (Å²) in [6.07, 6.45) is 3.94. The first-order valence-corrected chi connectivity index (χ1v) is 7.65. The van der Waals surface area contributed by atoms with Crippen molar-refractivity contribution in [3.8, 4) is 0 Å². The Labute approximate surface area is 122 Å². The molecule has 1 amide bonds. The summed E-state index contributed by atoms with van der Waals surface area (Å²) in [5.74, 6) is 0.738. The largest absolute Gasteiger partial charge is 0.355 e. The third-order valence-corrected chi connectivity index (χ3v) is 3.89. The molecule has 1 aromatic carbocycles. The Morgan fingerprint density at radius 2 is 1.95 bits per heavy atom. The predicted molar refractivity (Wildman–Crippen MR) is 82.7 cm³/mol. The van der Waals surface area contributed by atoms with Crippen LogP contribution >= 0.6 is 0 Å². The molecule has 20 heavy (non-hydrogen) atoms. The Morgan fingerprint density at radius 1 is 1.30 bits per heavy atom. The van der Waals surface area contributed by atoms with Gasteiger partial charge in [-0.1, -0.05) is 26.0 Å². The van der Waals surface area contributed by atoms with E-state index in [1.165, 1.54) is 31.4 Å². The highest BCUT2D eigenvalue weighted by molar-refractivity contribution is 5.93. The van der Waals surface area contributed by atoms with E-state index in [2.05, 4.69) is 36.2 Å². The quantitative estimate of drug-likeness (QED) is 0.829. The minimum Gasteiger partial charge on any atom is -0.355 e. The van der Waals surface area contributed by atoms with Crippen LogP contribution in [-0.2, 0) is 6.54 Å². The fourth-order valence-electron chi connectivity index (χ4n) is 2.39. The van der Waals surface area contributed by atoms with Gasteiger partial charge in [-0.3, -0.25) is 9.69 Å². The summed E-state index contributed by atoms with van der Waals surface area (Å²) in [5.41, 5.74) is 2.03. The van der Waals surface area contributed by atoms with Crippen LogP contribution in [0.25, 0.3) is 0 Å². The molecule has 1 aromatic rings. The second kappa shape index (κ2) is 6.89. The van der Waals surface area contributed by atoms with E-state index in [4.69, 9.17) is 0 Å². The lowest BCUT2D eigenvalue weighted by Crippen LogP contribution is -2.27. The molecule has 1 saturated carbocycles. The second-order valence-corrected chi connectivity index (χ2v) is 6.16. The number of carbonyl (C=O) groups is 1. The number of rotatable bonds is 7. The van der Waals surface area contributed by atoms with Crippen molar-refractivity contribution in [2.24, 2.45) is 5.92 Å². The molecule has 2 rings (SSSR count). The van der Waals surface area contributed by atoms with E-state index in [1.807, 2.05) is 12.1 Å². The third-order valence-electron chi connectivity index (χ3n) is 3.89. The molecule has 0 bridgehead atoms. The molecular weight excluding hydrogens is 248 g/mol. The second-order valence-electron chi connectivity index (χ2n) is 6.16. The van der Waals surface area contributed by atoms with Gasteiger partial charge >= 0.3 is 0 Å². The van der Waals surface area contributed by atoms with Gasteiger partial charge in [0.15, 0.2) is 0 Å². The molecular formula is C17H26N2O. The maximum absolute atomic E-state index is 11.5. The minimum atomic E-state index is -0.0181.